The zero-order valence-electron chi connectivity index (χ0n) is 10.6. The number of carbonyl (C=O) groups is 1. The number of aliphatic hydroxyl groups is 1. The number of rotatable bonds is 2. The van der Waals surface area contributed by atoms with E-state index in [9.17, 15) is 9.90 Å². The quantitative estimate of drug-likeness (QED) is 0.669. The first-order valence-corrected chi connectivity index (χ1v) is 6.88. The highest BCUT2D eigenvalue weighted by molar-refractivity contribution is 5.79. The molecular formula is C13H24N2O2. The summed E-state index contributed by atoms with van der Waals surface area (Å²) >= 11 is 0. The van der Waals surface area contributed by atoms with Crippen molar-refractivity contribution in [1.82, 2.24) is 10.6 Å². The summed E-state index contributed by atoms with van der Waals surface area (Å²) in [6.45, 7) is 3.04. The monoisotopic (exact) mass is 240 g/mol. The second kappa shape index (κ2) is 5.83. The molecule has 4 nitrogen and oxygen atoms in total. The molecule has 1 aliphatic heterocycles. The summed E-state index contributed by atoms with van der Waals surface area (Å²) in [5, 5.41) is 16.2. The molecule has 2 aliphatic rings. The zero-order valence-corrected chi connectivity index (χ0v) is 10.6. The van der Waals surface area contributed by atoms with Crippen LogP contribution in [0.3, 0.4) is 0 Å². The van der Waals surface area contributed by atoms with Crippen molar-refractivity contribution in [1.29, 1.82) is 0 Å². The molecule has 2 fully saturated rings. The van der Waals surface area contributed by atoms with E-state index in [0.29, 0.717) is 6.04 Å². The van der Waals surface area contributed by atoms with E-state index in [2.05, 4.69) is 17.6 Å². The Morgan fingerprint density at radius 3 is 2.76 bits per heavy atom. The molecule has 1 aliphatic carbocycles. The van der Waals surface area contributed by atoms with E-state index in [1.54, 1.807) is 0 Å². The van der Waals surface area contributed by atoms with E-state index in [-0.39, 0.29) is 24.0 Å². The van der Waals surface area contributed by atoms with Gasteiger partial charge in [0.2, 0.25) is 5.91 Å². The van der Waals surface area contributed by atoms with Gasteiger partial charge in [0.15, 0.2) is 0 Å². The number of nitrogens with one attached hydrogen (secondary N) is 2. The van der Waals surface area contributed by atoms with Gasteiger partial charge in [-0.25, -0.2) is 0 Å². The minimum Gasteiger partial charge on any atom is -0.391 e. The smallest absolute Gasteiger partial charge is 0.223 e. The van der Waals surface area contributed by atoms with Crippen LogP contribution < -0.4 is 10.6 Å². The number of piperidine rings is 1. The van der Waals surface area contributed by atoms with E-state index >= 15 is 0 Å². The molecule has 4 heteroatoms. The standard InChI is InChI=1S/C13H24N2O2/c1-9-8-10(6-7-14-9)13(17)15-11-4-2-3-5-12(11)16/h9-12,14,16H,2-8H2,1H3,(H,15,17)/t9?,10?,11-,12-/m1/s1. The average molecular weight is 240 g/mol. The normalized spacial score (nSPS) is 38.7. The summed E-state index contributed by atoms with van der Waals surface area (Å²) in [6, 6.07) is 0.414. The van der Waals surface area contributed by atoms with Crippen molar-refractivity contribution in [2.75, 3.05) is 6.54 Å². The Hall–Kier alpha value is -0.610. The summed E-state index contributed by atoms with van der Waals surface area (Å²) in [6.07, 6.45) is 5.43. The van der Waals surface area contributed by atoms with Gasteiger partial charge in [-0.05, 0) is 39.2 Å². The van der Waals surface area contributed by atoms with Gasteiger partial charge >= 0.3 is 0 Å². The maximum atomic E-state index is 12.1. The SMILES string of the molecule is CC1CC(C(=O)N[C@@H]2CCCC[C@H]2O)CCN1. The lowest BCUT2D eigenvalue weighted by molar-refractivity contribution is -0.128. The molecule has 1 heterocycles. The average Bonchev–Trinajstić information content (AvgIpc) is 2.32. The summed E-state index contributed by atoms with van der Waals surface area (Å²) in [7, 11) is 0. The van der Waals surface area contributed by atoms with Gasteiger partial charge < -0.3 is 15.7 Å². The van der Waals surface area contributed by atoms with E-state index in [4.69, 9.17) is 0 Å². The zero-order chi connectivity index (χ0) is 12.3. The van der Waals surface area contributed by atoms with Crippen LogP contribution in [0.2, 0.25) is 0 Å². The number of aliphatic hydroxyl groups excluding tert-OH is 1. The van der Waals surface area contributed by atoms with Crippen molar-refractivity contribution < 1.29 is 9.90 Å². The largest absolute Gasteiger partial charge is 0.391 e. The summed E-state index contributed by atoms with van der Waals surface area (Å²) in [5.74, 6) is 0.268. The Kier molecular flexibility index (Phi) is 4.40. The van der Waals surface area contributed by atoms with E-state index < -0.39 is 0 Å². The van der Waals surface area contributed by atoms with Gasteiger partial charge in [-0.2, -0.15) is 0 Å². The lowest BCUT2D eigenvalue weighted by Crippen LogP contribution is -2.49. The first-order chi connectivity index (χ1) is 8.16. The molecule has 2 rings (SSSR count). The molecule has 0 bridgehead atoms. The summed E-state index contributed by atoms with van der Waals surface area (Å²) in [4.78, 5) is 12.1. The van der Waals surface area contributed by atoms with Crippen LogP contribution in [0.4, 0.5) is 0 Å². The Morgan fingerprint density at radius 1 is 1.29 bits per heavy atom. The van der Waals surface area contributed by atoms with Crippen LogP contribution in [-0.2, 0) is 4.79 Å². The van der Waals surface area contributed by atoms with Crippen molar-refractivity contribution >= 4 is 5.91 Å². The fourth-order valence-electron chi connectivity index (χ4n) is 2.95. The Morgan fingerprint density at radius 2 is 2.06 bits per heavy atom. The summed E-state index contributed by atoms with van der Waals surface area (Å²) in [5.41, 5.74) is 0. The van der Waals surface area contributed by atoms with Crippen LogP contribution in [0.5, 0.6) is 0 Å². The summed E-state index contributed by atoms with van der Waals surface area (Å²) < 4.78 is 0. The fraction of sp³-hybridized carbons (Fsp3) is 0.923. The highest BCUT2D eigenvalue weighted by Gasteiger charge is 2.29. The first-order valence-electron chi connectivity index (χ1n) is 6.88. The lowest BCUT2D eigenvalue weighted by atomic mass is 9.89. The van der Waals surface area contributed by atoms with E-state index in [1.165, 1.54) is 0 Å². The van der Waals surface area contributed by atoms with E-state index in [1.807, 2.05) is 0 Å². The lowest BCUT2D eigenvalue weighted by Gasteiger charge is -2.32. The van der Waals surface area contributed by atoms with Crippen LogP contribution in [0.1, 0.15) is 45.4 Å². The minimum absolute atomic E-state index is 0.0126. The Labute approximate surface area is 103 Å². The van der Waals surface area contributed by atoms with Crippen LogP contribution in [0, 0.1) is 5.92 Å². The van der Waals surface area contributed by atoms with Crippen molar-refractivity contribution in [3.63, 3.8) is 0 Å². The van der Waals surface area contributed by atoms with Gasteiger partial charge in [0.05, 0.1) is 12.1 Å². The molecule has 2 unspecified atom stereocenters. The number of hydrogen-bond donors (Lipinski definition) is 3. The molecule has 0 spiro atoms. The van der Waals surface area contributed by atoms with Crippen LogP contribution in [-0.4, -0.2) is 35.7 Å². The highest BCUT2D eigenvalue weighted by Crippen LogP contribution is 2.21. The molecule has 4 atom stereocenters. The highest BCUT2D eigenvalue weighted by atomic mass is 16.3. The Bertz CT molecular complexity index is 270. The predicted molar refractivity (Wildman–Crippen MR) is 66.6 cm³/mol. The van der Waals surface area contributed by atoms with E-state index in [0.717, 1.165) is 45.1 Å². The minimum atomic E-state index is -0.341. The molecule has 98 valence electrons. The molecule has 0 aromatic rings. The van der Waals surface area contributed by atoms with Crippen LogP contribution >= 0.6 is 0 Å². The molecule has 0 aromatic carbocycles. The van der Waals surface area contributed by atoms with Gasteiger partial charge in [-0.3, -0.25) is 4.79 Å². The van der Waals surface area contributed by atoms with Crippen molar-refractivity contribution in [2.45, 2.75) is 63.6 Å². The molecular weight excluding hydrogens is 216 g/mol. The second-order valence-corrected chi connectivity index (χ2v) is 5.54. The maximum absolute atomic E-state index is 12.1. The van der Waals surface area contributed by atoms with Gasteiger partial charge in [0.25, 0.3) is 0 Å². The van der Waals surface area contributed by atoms with Crippen LogP contribution in [0.15, 0.2) is 0 Å². The third kappa shape index (κ3) is 3.42. The maximum Gasteiger partial charge on any atom is 0.223 e. The first kappa shape index (κ1) is 12.8. The molecule has 1 amide bonds. The van der Waals surface area contributed by atoms with Gasteiger partial charge in [0.1, 0.15) is 0 Å². The Balaban J connectivity index is 1.83. The molecule has 17 heavy (non-hydrogen) atoms. The molecule has 1 saturated heterocycles. The van der Waals surface area contributed by atoms with Crippen molar-refractivity contribution in [2.24, 2.45) is 5.92 Å². The predicted octanol–water partition coefficient (Wildman–Crippen LogP) is 0.794. The fourth-order valence-corrected chi connectivity index (χ4v) is 2.95. The third-order valence-electron chi connectivity index (χ3n) is 4.05. The molecule has 0 radical (unpaired) electrons. The van der Waals surface area contributed by atoms with Gasteiger partial charge in [0, 0.05) is 12.0 Å². The van der Waals surface area contributed by atoms with Crippen molar-refractivity contribution in [3.05, 3.63) is 0 Å². The second-order valence-electron chi connectivity index (χ2n) is 5.54. The van der Waals surface area contributed by atoms with Gasteiger partial charge in [-0.15, -0.1) is 0 Å². The molecule has 3 N–H and O–H groups in total. The number of hydrogen-bond acceptors (Lipinski definition) is 3. The van der Waals surface area contributed by atoms with Crippen molar-refractivity contribution in [3.8, 4) is 0 Å². The van der Waals surface area contributed by atoms with Crippen LogP contribution in [0.25, 0.3) is 0 Å². The number of amides is 1. The number of carbonyl (C=O) groups excluding carboxylic acids is 1. The topological polar surface area (TPSA) is 61.4 Å². The molecule has 0 aromatic heterocycles. The molecule has 1 saturated carbocycles. The van der Waals surface area contributed by atoms with Gasteiger partial charge in [-0.1, -0.05) is 12.8 Å². The third-order valence-corrected chi connectivity index (χ3v) is 4.05.